The molecule has 0 aliphatic heterocycles. The molecule has 0 unspecified atom stereocenters. The third-order valence-corrected chi connectivity index (χ3v) is 5.98. The van der Waals surface area contributed by atoms with Crippen LogP contribution in [0.15, 0.2) is 65.6 Å². The lowest BCUT2D eigenvalue weighted by atomic mass is 10.1. The van der Waals surface area contributed by atoms with Gasteiger partial charge in [0.15, 0.2) is 0 Å². The molecule has 0 bridgehead atoms. The summed E-state index contributed by atoms with van der Waals surface area (Å²) < 4.78 is 11.4. The SMILES string of the molecule is CS/C(C#N)=C/[C@@H]1[C@@H](C(=O)O[C@H](C#N)c2cccc(Oc3ccccc3)c2)C1(C)C. The summed E-state index contributed by atoms with van der Waals surface area (Å²) in [5.74, 6) is 0.338. The highest BCUT2D eigenvalue weighted by Gasteiger charge is 2.62. The van der Waals surface area contributed by atoms with E-state index in [1.807, 2.05) is 56.5 Å². The molecule has 1 saturated carbocycles. The van der Waals surface area contributed by atoms with Gasteiger partial charge in [-0.3, -0.25) is 4.79 Å². The molecule has 1 aliphatic rings. The number of rotatable bonds is 7. The number of carbonyl (C=O) groups excluding carboxylic acids is 1. The second-order valence-electron chi connectivity index (χ2n) is 7.61. The number of para-hydroxylation sites is 1. The fraction of sp³-hybridized carbons (Fsp3) is 0.292. The van der Waals surface area contributed by atoms with Crippen LogP contribution in [0.1, 0.15) is 25.5 Å². The Labute approximate surface area is 180 Å². The Morgan fingerprint density at radius 3 is 2.47 bits per heavy atom. The minimum absolute atomic E-state index is 0.0841. The van der Waals surface area contributed by atoms with Crippen LogP contribution in [0.3, 0.4) is 0 Å². The maximum absolute atomic E-state index is 12.8. The standard InChI is InChI=1S/C24H22N2O3S/c1-24(2)20(13-19(14-25)30-3)22(24)23(27)29-21(15-26)16-8-7-11-18(12-16)28-17-9-5-4-6-10-17/h4-13,20-22H,1-3H3/b19-13+/t20-,21-,22+/m1/s1. The molecule has 3 atom stereocenters. The molecule has 2 aromatic rings. The fourth-order valence-corrected chi connectivity index (χ4v) is 3.85. The van der Waals surface area contributed by atoms with Gasteiger partial charge in [0.2, 0.25) is 6.10 Å². The van der Waals surface area contributed by atoms with Gasteiger partial charge < -0.3 is 9.47 Å². The van der Waals surface area contributed by atoms with Crippen molar-refractivity contribution in [1.29, 1.82) is 10.5 Å². The summed E-state index contributed by atoms with van der Waals surface area (Å²) in [5, 5.41) is 18.8. The van der Waals surface area contributed by atoms with Crippen molar-refractivity contribution >= 4 is 17.7 Å². The first-order chi connectivity index (χ1) is 14.4. The molecule has 0 heterocycles. The number of hydrogen-bond donors (Lipinski definition) is 0. The zero-order valence-corrected chi connectivity index (χ0v) is 17.8. The van der Waals surface area contributed by atoms with Gasteiger partial charge in [-0.25, -0.2) is 0 Å². The summed E-state index contributed by atoms with van der Waals surface area (Å²) >= 11 is 1.35. The zero-order valence-electron chi connectivity index (χ0n) is 17.0. The maximum Gasteiger partial charge on any atom is 0.311 e. The molecule has 1 fully saturated rings. The number of esters is 1. The van der Waals surface area contributed by atoms with E-state index in [0.29, 0.717) is 22.0 Å². The van der Waals surface area contributed by atoms with Gasteiger partial charge in [-0.2, -0.15) is 10.5 Å². The van der Waals surface area contributed by atoms with E-state index in [1.165, 1.54) is 11.8 Å². The number of nitriles is 2. The number of carbonyl (C=O) groups is 1. The van der Waals surface area contributed by atoms with E-state index < -0.39 is 12.1 Å². The average molecular weight is 419 g/mol. The van der Waals surface area contributed by atoms with Crippen LogP contribution in [0.25, 0.3) is 0 Å². The first-order valence-corrected chi connectivity index (χ1v) is 10.7. The summed E-state index contributed by atoms with van der Waals surface area (Å²) in [6, 6.07) is 20.5. The molecule has 0 amide bonds. The molecule has 30 heavy (non-hydrogen) atoms. The molecule has 0 radical (unpaired) electrons. The molecule has 1 aliphatic carbocycles. The van der Waals surface area contributed by atoms with E-state index in [2.05, 4.69) is 12.1 Å². The van der Waals surface area contributed by atoms with Crippen LogP contribution in [0, 0.1) is 39.9 Å². The van der Waals surface area contributed by atoms with Crippen molar-refractivity contribution in [3.8, 4) is 23.6 Å². The lowest BCUT2D eigenvalue weighted by Crippen LogP contribution is -2.14. The quantitative estimate of drug-likeness (QED) is 0.428. The normalized spacial score (nSPS) is 20.4. The Morgan fingerprint density at radius 1 is 1.13 bits per heavy atom. The van der Waals surface area contributed by atoms with Crippen LogP contribution in [-0.2, 0) is 9.53 Å². The van der Waals surface area contributed by atoms with Crippen LogP contribution >= 0.6 is 11.8 Å². The Morgan fingerprint density at radius 2 is 1.83 bits per heavy atom. The minimum Gasteiger partial charge on any atom is -0.457 e. The van der Waals surface area contributed by atoms with Crippen molar-refractivity contribution in [3.05, 3.63) is 71.1 Å². The van der Waals surface area contributed by atoms with Gasteiger partial charge in [-0.15, -0.1) is 11.8 Å². The largest absolute Gasteiger partial charge is 0.457 e. The summed E-state index contributed by atoms with van der Waals surface area (Å²) in [5.41, 5.74) is 0.236. The van der Waals surface area contributed by atoms with Crippen LogP contribution in [0.2, 0.25) is 0 Å². The van der Waals surface area contributed by atoms with Gasteiger partial charge in [-0.05, 0) is 41.9 Å². The molecule has 0 N–H and O–H groups in total. The maximum atomic E-state index is 12.8. The monoisotopic (exact) mass is 418 g/mol. The third-order valence-electron chi connectivity index (χ3n) is 5.32. The molecule has 0 spiro atoms. The lowest BCUT2D eigenvalue weighted by molar-refractivity contribution is -0.149. The molecule has 2 aromatic carbocycles. The number of nitrogens with zero attached hydrogens (tertiary/aromatic N) is 2. The van der Waals surface area contributed by atoms with Crippen molar-refractivity contribution in [3.63, 3.8) is 0 Å². The highest BCUT2D eigenvalue weighted by Crippen LogP contribution is 2.60. The Hall–Kier alpha value is -3.22. The van der Waals surface area contributed by atoms with Crippen molar-refractivity contribution in [2.45, 2.75) is 20.0 Å². The van der Waals surface area contributed by atoms with E-state index in [0.717, 1.165) is 0 Å². The first kappa shape index (κ1) is 21.5. The molecule has 0 saturated heterocycles. The van der Waals surface area contributed by atoms with E-state index in [-0.39, 0.29) is 17.3 Å². The molecule has 3 rings (SSSR count). The molecule has 0 aromatic heterocycles. The van der Waals surface area contributed by atoms with Gasteiger partial charge in [0.05, 0.1) is 10.8 Å². The Bertz CT molecular complexity index is 1030. The van der Waals surface area contributed by atoms with Crippen molar-refractivity contribution in [2.75, 3.05) is 6.26 Å². The Kier molecular flexibility index (Phi) is 6.50. The van der Waals surface area contributed by atoms with Gasteiger partial charge >= 0.3 is 5.97 Å². The van der Waals surface area contributed by atoms with E-state index in [1.54, 1.807) is 24.3 Å². The number of benzene rings is 2. The highest BCUT2D eigenvalue weighted by atomic mass is 32.2. The van der Waals surface area contributed by atoms with Gasteiger partial charge in [0.1, 0.15) is 23.6 Å². The van der Waals surface area contributed by atoms with Crippen LogP contribution in [-0.4, -0.2) is 12.2 Å². The number of allylic oxidation sites excluding steroid dienone is 2. The number of hydrogen-bond acceptors (Lipinski definition) is 6. The van der Waals surface area contributed by atoms with E-state index in [9.17, 15) is 10.1 Å². The van der Waals surface area contributed by atoms with E-state index >= 15 is 0 Å². The van der Waals surface area contributed by atoms with Crippen molar-refractivity contribution in [1.82, 2.24) is 0 Å². The summed E-state index contributed by atoms with van der Waals surface area (Å²) in [6.45, 7) is 3.93. The Balaban J connectivity index is 1.72. The summed E-state index contributed by atoms with van der Waals surface area (Å²) in [6.07, 6.45) is 2.62. The van der Waals surface area contributed by atoms with Gasteiger partial charge in [-0.1, -0.05) is 50.3 Å². The minimum atomic E-state index is -1.03. The van der Waals surface area contributed by atoms with Gasteiger partial charge in [0, 0.05) is 5.56 Å². The fourth-order valence-electron chi connectivity index (χ4n) is 3.48. The smallest absolute Gasteiger partial charge is 0.311 e. The van der Waals surface area contributed by atoms with Crippen molar-refractivity contribution < 1.29 is 14.3 Å². The third kappa shape index (κ3) is 4.67. The molecule has 6 heteroatoms. The number of ether oxygens (including phenoxy) is 2. The van der Waals surface area contributed by atoms with Crippen LogP contribution < -0.4 is 4.74 Å². The first-order valence-electron chi connectivity index (χ1n) is 9.49. The van der Waals surface area contributed by atoms with Crippen LogP contribution in [0.5, 0.6) is 11.5 Å². The topological polar surface area (TPSA) is 83.1 Å². The second-order valence-corrected chi connectivity index (χ2v) is 8.45. The van der Waals surface area contributed by atoms with Crippen LogP contribution in [0.4, 0.5) is 0 Å². The summed E-state index contributed by atoms with van der Waals surface area (Å²) in [7, 11) is 0. The highest BCUT2D eigenvalue weighted by molar-refractivity contribution is 8.02. The predicted molar refractivity (Wildman–Crippen MR) is 115 cm³/mol. The zero-order chi connectivity index (χ0) is 21.7. The van der Waals surface area contributed by atoms with Gasteiger partial charge in [0.25, 0.3) is 0 Å². The molecule has 5 nitrogen and oxygen atoms in total. The van der Waals surface area contributed by atoms with Crippen molar-refractivity contribution in [2.24, 2.45) is 17.3 Å². The lowest BCUT2D eigenvalue weighted by Gasteiger charge is -2.13. The predicted octanol–water partition coefficient (Wildman–Crippen LogP) is 5.63. The second kappa shape index (κ2) is 9.07. The molecular formula is C24H22N2O3S. The van der Waals surface area contributed by atoms with E-state index in [4.69, 9.17) is 14.7 Å². The molecule has 152 valence electrons. The molecular weight excluding hydrogens is 396 g/mol. The number of thioether (sulfide) groups is 1. The summed E-state index contributed by atoms with van der Waals surface area (Å²) in [4.78, 5) is 13.4. The average Bonchev–Trinajstić information content (AvgIpc) is 3.30.